The predicted molar refractivity (Wildman–Crippen MR) is 125 cm³/mol. The number of fused-ring (bicyclic) bond motifs is 1. The number of alkyl halides is 3. The fraction of sp³-hybridized carbons (Fsp3) is 0.318. The summed E-state index contributed by atoms with van der Waals surface area (Å²) in [6.07, 6.45) is -3.98. The third-order valence-corrected chi connectivity index (χ3v) is 5.11. The van der Waals surface area contributed by atoms with Gasteiger partial charge in [-0.3, -0.25) is 5.32 Å². The van der Waals surface area contributed by atoms with E-state index in [4.69, 9.17) is 11.6 Å². The number of aryl methyl sites for hydroxylation is 1. The molecular formula is C22H24ClF3N6O. The van der Waals surface area contributed by atoms with Crippen molar-refractivity contribution in [3.63, 3.8) is 0 Å². The molecule has 1 aromatic heterocycles. The third-order valence-electron chi connectivity index (χ3n) is 4.71. The molecule has 0 saturated heterocycles. The van der Waals surface area contributed by atoms with Crippen molar-refractivity contribution in [1.82, 2.24) is 14.9 Å². The van der Waals surface area contributed by atoms with Crippen LogP contribution in [0.1, 0.15) is 17.7 Å². The molecule has 0 fully saturated rings. The number of hydrogen-bond donors (Lipinski definition) is 3. The van der Waals surface area contributed by atoms with E-state index < -0.39 is 23.8 Å². The number of urea groups is 1. The van der Waals surface area contributed by atoms with Gasteiger partial charge in [0.15, 0.2) is 5.69 Å². The van der Waals surface area contributed by atoms with Crippen LogP contribution in [0, 0.1) is 6.92 Å². The van der Waals surface area contributed by atoms with Gasteiger partial charge in [-0.15, -0.1) is 0 Å². The Balaban J connectivity index is 1.74. The summed E-state index contributed by atoms with van der Waals surface area (Å²) in [7, 11) is 3.80. The van der Waals surface area contributed by atoms with E-state index >= 15 is 0 Å². The van der Waals surface area contributed by atoms with Crippen LogP contribution in [0.2, 0.25) is 5.02 Å². The van der Waals surface area contributed by atoms with Crippen molar-refractivity contribution < 1.29 is 18.0 Å². The zero-order valence-electron chi connectivity index (χ0n) is 18.3. The Hall–Kier alpha value is -3.11. The number of hydrogen-bond acceptors (Lipinski definition) is 5. The van der Waals surface area contributed by atoms with Gasteiger partial charge in [0.05, 0.1) is 0 Å². The van der Waals surface area contributed by atoms with Gasteiger partial charge in [0.2, 0.25) is 5.95 Å². The molecule has 2 aromatic carbocycles. The van der Waals surface area contributed by atoms with Crippen LogP contribution in [0.5, 0.6) is 0 Å². The summed E-state index contributed by atoms with van der Waals surface area (Å²) in [6.45, 7) is 3.04. The number of rotatable bonds is 7. The summed E-state index contributed by atoms with van der Waals surface area (Å²) in [5.41, 5.74) is 0.186. The van der Waals surface area contributed by atoms with Crippen LogP contribution < -0.4 is 16.0 Å². The molecule has 3 N–H and O–H groups in total. The smallest absolute Gasteiger partial charge is 0.370 e. The molecule has 11 heteroatoms. The highest BCUT2D eigenvalue weighted by Gasteiger charge is 2.34. The average Bonchev–Trinajstić information content (AvgIpc) is 2.71. The number of aromatic nitrogens is 2. The normalized spacial score (nSPS) is 11.6. The Morgan fingerprint density at radius 1 is 1.06 bits per heavy atom. The first-order chi connectivity index (χ1) is 15.5. The number of carbonyl (C=O) groups excluding carboxylic acids is 1. The van der Waals surface area contributed by atoms with E-state index in [1.54, 1.807) is 18.2 Å². The van der Waals surface area contributed by atoms with E-state index in [0.717, 1.165) is 28.9 Å². The van der Waals surface area contributed by atoms with Crippen molar-refractivity contribution in [2.75, 3.05) is 43.1 Å². The largest absolute Gasteiger partial charge is 0.433 e. The number of benzene rings is 2. The minimum Gasteiger partial charge on any atom is -0.370 e. The van der Waals surface area contributed by atoms with E-state index in [2.05, 4.69) is 25.9 Å². The van der Waals surface area contributed by atoms with Gasteiger partial charge >= 0.3 is 12.2 Å². The lowest BCUT2D eigenvalue weighted by atomic mass is 10.1. The SMILES string of the molecule is Cc1cc2cc(NC(=O)Nc3nc(NCCCN(C)C)cc(C(F)(F)F)n3)ccc2cc1Cl. The van der Waals surface area contributed by atoms with E-state index in [-0.39, 0.29) is 5.82 Å². The van der Waals surface area contributed by atoms with Crippen LogP contribution >= 0.6 is 11.6 Å². The Kier molecular flexibility index (Phi) is 7.60. The maximum atomic E-state index is 13.3. The fourth-order valence-corrected chi connectivity index (χ4v) is 3.25. The zero-order valence-corrected chi connectivity index (χ0v) is 19.1. The van der Waals surface area contributed by atoms with E-state index in [1.807, 2.05) is 38.1 Å². The molecule has 0 bridgehead atoms. The molecule has 0 aliphatic carbocycles. The average molecular weight is 481 g/mol. The summed E-state index contributed by atoms with van der Waals surface area (Å²) >= 11 is 6.13. The minimum absolute atomic E-state index is 0.0237. The number of amides is 2. The molecule has 3 rings (SSSR count). The van der Waals surface area contributed by atoms with Crippen molar-refractivity contribution in [2.45, 2.75) is 19.5 Å². The molecule has 2 amide bonds. The summed E-state index contributed by atoms with van der Waals surface area (Å²) in [5, 5.41) is 10.1. The van der Waals surface area contributed by atoms with Gasteiger partial charge in [0, 0.05) is 23.3 Å². The molecule has 0 spiro atoms. The highest BCUT2D eigenvalue weighted by molar-refractivity contribution is 6.32. The fourth-order valence-electron chi connectivity index (χ4n) is 3.08. The molecule has 0 radical (unpaired) electrons. The quantitative estimate of drug-likeness (QED) is 0.382. The van der Waals surface area contributed by atoms with E-state index in [1.165, 1.54) is 0 Å². The van der Waals surface area contributed by atoms with Gasteiger partial charge in [-0.25, -0.2) is 9.78 Å². The van der Waals surface area contributed by atoms with Crippen molar-refractivity contribution >= 4 is 45.9 Å². The lowest BCUT2D eigenvalue weighted by Crippen LogP contribution is -2.23. The number of halogens is 4. The van der Waals surface area contributed by atoms with Crippen molar-refractivity contribution in [3.05, 3.63) is 52.7 Å². The van der Waals surface area contributed by atoms with Gasteiger partial charge < -0.3 is 15.5 Å². The van der Waals surface area contributed by atoms with Crippen molar-refractivity contribution in [1.29, 1.82) is 0 Å². The minimum atomic E-state index is -4.69. The molecule has 0 atom stereocenters. The maximum absolute atomic E-state index is 13.3. The van der Waals surface area contributed by atoms with Crippen LogP contribution in [0.25, 0.3) is 10.8 Å². The number of nitrogens with one attached hydrogen (secondary N) is 3. The Bertz CT molecular complexity index is 1150. The Morgan fingerprint density at radius 2 is 1.82 bits per heavy atom. The lowest BCUT2D eigenvalue weighted by molar-refractivity contribution is -0.141. The predicted octanol–water partition coefficient (Wildman–Crippen LogP) is 5.62. The summed E-state index contributed by atoms with van der Waals surface area (Å²) in [5.74, 6) is -0.481. The second-order valence-corrected chi connectivity index (χ2v) is 8.19. The molecule has 33 heavy (non-hydrogen) atoms. The maximum Gasteiger partial charge on any atom is 0.433 e. The monoisotopic (exact) mass is 480 g/mol. The van der Waals surface area contributed by atoms with E-state index in [0.29, 0.717) is 23.7 Å². The summed E-state index contributed by atoms with van der Waals surface area (Å²) in [6, 6.07) is 8.94. The first-order valence-corrected chi connectivity index (χ1v) is 10.5. The second-order valence-electron chi connectivity index (χ2n) is 7.79. The number of carbonyl (C=O) groups is 1. The van der Waals surface area contributed by atoms with Gasteiger partial charge in [-0.2, -0.15) is 18.2 Å². The van der Waals surface area contributed by atoms with Gasteiger partial charge in [-0.1, -0.05) is 17.7 Å². The standard InChI is InChI=1S/C22H24ClF3N6O/c1-13-9-15-10-16(6-5-14(15)11-17(13)23)28-21(33)31-20-29-18(22(24,25)26)12-19(30-20)27-7-4-8-32(2)3/h5-6,9-12H,4,7-8H2,1-3H3,(H3,27,28,29,30,31,33). The van der Waals surface area contributed by atoms with Crippen LogP contribution in [-0.4, -0.2) is 48.1 Å². The molecule has 0 saturated carbocycles. The highest BCUT2D eigenvalue weighted by atomic mass is 35.5. The van der Waals surface area contributed by atoms with Crippen LogP contribution in [-0.2, 0) is 6.18 Å². The van der Waals surface area contributed by atoms with Crippen molar-refractivity contribution in [2.24, 2.45) is 0 Å². The van der Waals surface area contributed by atoms with Gasteiger partial charge in [-0.05, 0) is 74.6 Å². The molecular weight excluding hydrogens is 457 g/mol. The zero-order chi connectivity index (χ0) is 24.2. The molecule has 176 valence electrons. The molecule has 1 heterocycles. The summed E-state index contributed by atoms with van der Waals surface area (Å²) < 4.78 is 39.8. The number of anilines is 3. The first kappa shape index (κ1) is 24.5. The van der Waals surface area contributed by atoms with Crippen molar-refractivity contribution in [3.8, 4) is 0 Å². The van der Waals surface area contributed by atoms with Crippen LogP contribution in [0.4, 0.5) is 35.4 Å². The number of nitrogens with zero attached hydrogens (tertiary/aromatic N) is 3. The van der Waals surface area contributed by atoms with Crippen LogP contribution in [0.3, 0.4) is 0 Å². The molecule has 0 aliphatic rings. The molecule has 0 aliphatic heterocycles. The summed E-state index contributed by atoms with van der Waals surface area (Å²) in [4.78, 5) is 21.8. The molecule has 0 unspecified atom stereocenters. The molecule has 7 nitrogen and oxygen atoms in total. The van der Waals surface area contributed by atoms with E-state index in [9.17, 15) is 18.0 Å². The van der Waals surface area contributed by atoms with Gasteiger partial charge in [0.1, 0.15) is 5.82 Å². The Morgan fingerprint density at radius 3 is 2.52 bits per heavy atom. The van der Waals surface area contributed by atoms with Gasteiger partial charge in [0.25, 0.3) is 0 Å². The van der Waals surface area contributed by atoms with Crippen LogP contribution in [0.15, 0.2) is 36.4 Å². The topological polar surface area (TPSA) is 82.2 Å². The molecule has 3 aromatic rings. The Labute approximate surface area is 194 Å². The lowest BCUT2D eigenvalue weighted by Gasteiger charge is -2.14. The third kappa shape index (κ3) is 6.93. The second kappa shape index (κ2) is 10.2. The first-order valence-electron chi connectivity index (χ1n) is 10.1. The highest BCUT2D eigenvalue weighted by Crippen LogP contribution is 2.30.